The van der Waals surface area contributed by atoms with E-state index in [0.29, 0.717) is 12.4 Å². The Labute approximate surface area is 166 Å². The zero-order valence-corrected chi connectivity index (χ0v) is 16.2. The van der Waals surface area contributed by atoms with Gasteiger partial charge in [0.2, 0.25) is 0 Å². The molecule has 8 nitrogen and oxygen atoms in total. The van der Waals surface area contributed by atoms with E-state index in [0.717, 1.165) is 42.7 Å². The van der Waals surface area contributed by atoms with Gasteiger partial charge in [-0.1, -0.05) is 0 Å². The van der Waals surface area contributed by atoms with Crippen LogP contribution in [0, 0.1) is 18.6 Å². The van der Waals surface area contributed by atoms with Crippen molar-refractivity contribution in [2.45, 2.75) is 37.2 Å². The van der Waals surface area contributed by atoms with Crippen LogP contribution >= 0.6 is 0 Å². The molecule has 1 aliphatic heterocycles. The number of rotatable bonds is 5. The van der Waals surface area contributed by atoms with Crippen molar-refractivity contribution in [2.24, 2.45) is 0 Å². The number of fused-ring (bicyclic) bond motifs is 1. The molecule has 0 radical (unpaired) electrons. The number of nitrogens with one attached hydrogen (secondary N) is 2. The quantitative estimate of drug-likeness (QED) is 0.658. The first-order chi connectivity index (χ1) is 13.8. The molecule has 29 heavy (non-hydrogen) atoms. The number of pyridine rings is 1. The second-order valence-corrected chi connectivity index (χ2v) is 8.43. The summed E-state index contributed by atoms with van der Waals surface area (Å²) in [6, 6.07) is 5.82. The fourth-order valence-corrected chi connectivity index (χ4v) is 4.15. The van der Waals surface area contributed by atoms with Gasteiger partial charge in [0.25, 0.3) is 10.0 Å². The third-order valence-electron chi connectivity index (χ3n) is 4.53. The van der Waals surface area contributed by atoms with Gasteiger partial charge in [0.15, 0.2) is 11.6 Å². The van der Waals surface area contributed by atoms with Crippen LogP contribution in [0.4, 0.5) is 20.3 Å². The molecule has 3 heterocycles. The van der Waals surface area contributed by atoms with E-state index in [1.165, 1.54) is 12.3 Å². The van der Waals surface area contributed by atoms with E-state index in [-0.39, 0.29) is 16.6 Å². The Morgan fingerprint density at radius 2 is 2.00 bits per heavy atom. The highest BCUT2D eigenvalue weighted by molar-refractivity contribution is 7.92. The summed E-state index contributed by atoms with van der Waals surface area (Å²) in [4.78, 5) is 8.44. The SMILES string of the molecule is Cc1nc2n(n1)CC(Nc1ccc(S(=O)(=O)Nc3ccc(F)c(F)c3)cn1)CC2. The van der Waals surface area contributed by atoms with Gasteiger partial charge in [-0.2, -0.15) is 5.10 Å². The van der Waals surface area contributed by atoms with Gasteiger partial charge in [-0.05, 0) is 37.6 Å². The van der Waals surface area contributed by atoms with Gasteiger partial charge >= 0.3 is 0 Å². The van der Waals surface area contributed by atoms with Crippen molar-refractivity contribution in [3.05, 3.63) is 59.8 Å². The summed E-state index contributed by atoms with van der Waals surface area (Å²) in [5.41, 5.74) is -0.0766. The topological polar surface area (TPSA) is 102 Å². The number of nitrogens with zero attached hydrogens (tertiary/aromatic N) is 4. The van der Waals surface area contributed by atoms with Crippen molar-refractivity contribution >= 4 is 21.5 Å². The van der Waals surface area contributed by atoms with Crippen LogP contribution in [0.25, 0.3) is 0 Å². The molecule has 1 atom stereocenters. The molecule has 1 aromatic carbocycles. The van der Waals surface area contributed by atoms with Gasteiger partial charge in [0.05, 0.1) is 12.2 Å². The van der Waals surface area contributed by atoms with E-state index in [1.54, 1.807) is 6.07 Å². The van der Waals surface area contributed by atoms with Gasteiger partial charge in [-0.3, -0.25) is 4.72 Å². The van der Waals surface area contributed by atoms with Crippen LogP contribution in [0.5, 0.6) is 0 Å². The second-order valence-electron chi connectivity index (χ2n) is 6.75. The Bertz CT molecular complexity index is 1150. The molecule has 0 amide bonds. The third-order valence-corrected chi connectivity index (χ3v) is 5.90. The Balaban J connectivity index is 1.44. The van der Waals surface area contributed by atoms with Crippen molar-refractivity contribution in [2.75, 3.05) is 10.0 Å². The Morgan fingerprint density at radius 1 is 1.17 bits per heavy atom. The van der Waals surface area contributed by atoms with Crippen LogP contribution in [-0.2, 0) is 23.0 Å². The molecular formula is C18H18F2N6O2S. The highest BCUT2D eigenvalue weighted by Crippen LogP contribution is 2.20. The molecule has 1 aliphatic rings. The zero-order chi connectivity index (χ0) is 20.6. The first kappa shape index (κ1) is 19.2. The van der Waals surface area contributed by atoms with Crippen LogP contribution in [0.15, 0.2) is 41.4 Å². The van der Waals surface area contributed by atoms with Crippen molar-refractivity contribution in [1.82, 2.24) is 19.7 Å². The van der Waals surface area contributed by atoms with E-state index in [9.17, 15) is 17.2 Å². The maximum absolute atomic E-state index is 13.3. The van der Waals surface area contributed by atoms with Gasteiger partial charge < -0.3 is 5.32 Å². The van der Waals surface area contributed by atoms with Crippen LogP contribution in [0.1, 0.15) is 18.1 Å². The molecule has 0 fully saturated rings. The van der Waals surface area contributed by atoms with Crippen molar-refractivity contribution in [3.63, 3.8) is 0 Å². The summed E-state index contributed by atoms with van der Waals surface area (Å²) in [6.07, 6.45) is 2.86. The lowest BCUT2D eigenvalue weighted by Crippen LogP contribution is -2.32. The number of benzene rings is 1. The van der Waals surface area contributed by atoms with Crippen molar-refractivity contribution in [3.8, 4) is 0 Å². The standard InChI is InChI=1S/C18H18F2N6O2S/c1-11-22-18-7-3-13(10-26(18)24-11)23-17-6-4-14(9-21-17)29(27,28)25-12-2-5-15(19)16(20)8-12/h2,4-6,8-9,13,25H,3,7,10H2,1H3,(H,21,23). The Morgan fingerprint density at radius 3 is 2.72 bits per heavy atom. The fraction of sp³-hybridized carbons (Fsp3) is 0.278. The second kappa shape index (κ2) is 7.39. The van der Waals surface area contributed by atoms with Gasteiger partial charge in [-0.15, -0.1) is 0 Å². The molecule has 4 rings (SSSR count). The maximum atomic E-state index is 13.3. The third kappa shape index (κ3) is 4.19. The van der Waals surface area contributed by atoms with E-state index in [4.69, 9.17) is 0 Å². The lowest BCUT2D eigenvalue weighted by atomic mass is 10.1. The summed E-state index contributed by atoms with van der Waals surface area (Å²) in [5.74, 6) is 0.0317. The van der Waals surface area contributed by atoms with Crippen LogP contribution in [0.3, 0.4) is 0 Å². The number of aromatic nitrogens is 4. The Hall–Kier alpha value is -3.08. The summed E-state index contributed by atoms with van der Waals surface area (Å²) in [5, 5.41) is 7.62. The molecule has 0 saturated carbocycles. The number of hydrogen-bond donors (Lipinski definition) is 2. The molecule has 2 aromatic heterocycles. The van der Waals surface area contributed by atoms with Gasteiger partial charge in [0, 0.05) is 24.7 Å². The maximum Gasteiger partial charge on any atom is 0.263 e. The van der Waals surface area contributed by atoms with E-state index in [2.05, 4.69) is 25.1 Å². The molecule has 0 bridgehead atoms. The summed E-state index contributed by atoms with van der Waals surface area (Å²) in [6.45, 7) is 2.50. The lowest BCUT2D eigenvalue weighted by molar-refractivity contribution is 0.440. The van der Waals surface area contributed by atoms with Gasteiger partial charge in [-0.25, -0.2) is 31.8 Å². The molecule has 0 spiro atoms. The molecule has 0 saturated heterocycles. The largest absolute Gasteiger partial charge is 0.365 e. The summed E-state index contributed by atoms with van der Waals surface area (Å²) < 4.78 is 55.2. The van der Waals surface area contributed by atoms with Crippen LogP contribution in [-0.4, -0.2) is 34.2 Å². The zero-order valence-electron chi connectivity index (χ0n) is 15.4. The fourth-order valence-electron chi connectivity index (χ4n) is 3.16. The minimum Gasteiger partial charge on any atom is -0.365 e. The summed E-state index contributed by atoms with van der Waals surface area (Å²) >= 11 is 0. The van der Waals surface area contributed by atoms with Crippen LogP contribution in [0.2, 0.25) is 0 Å². The highest BCUT2D eigenvalue weighted by Gasteiger charge is 2.21. The highest BCUT2D eigenvalue weighted by atomic mass is 32.2. The molecular weight excluding hydrogens is 402 g/mol. The number of halogens is 2. The van der Waals surface area contributed by atoms with E-state index in [1.807, 2.05) is 11.6 Å². The van der Waals surface area contributed by atoms with E-state index >= 15 is 0 Å². The predicted molar refractivity (Wildman–Crippen MR) is 102 cm³/mol. The van der Waals surface area contributed by atoms with E-state index < -0.39 is 21.7 Å². The normalized spacial score (nSPS) is 16.3. The van der Waals surface area contributed by atoms with Gasteiger partial charge in [0.1, 0.15) is 22.4 Å². The van der Waals surface area contributed by atoms with Crippen molar-refractivity contribution < 1.29 is 17.2 Å². The average Bonchev–Trinajstić information content (AvgIpc) is 3.04. The molecule has 3 aromatic rings. The molecule has 2 N–H and O–H groups in total. The Kier molecular flexibility index (Phi) is 4.91. The minimum absolute atomic E-state index is 0.0766. The minimum atomic E-state index is -3.98. The number of anilines is 2. The lowest BCUT2D eigenvalue weighted by Gasteiger charge is -2.24. The first-order valence-electron chi connectivity index (χ1n) is 8.91. The number of hydrogen-bond acceptors (Lipinski definition) is 6. The monoisotopic (exact) mass is 420 g/mol. The van der Waals surface area contributed by atoms with Crippen LogP contribution < -0.4 is 10.0 Å². The molecule has 0 aliphatic carbocycles. The molecule has 1 unspecified atom stereocenters. The predicted octanol–water partition coefficient (Wildman–Crippen LogP) is 2.49. The summed E-state index contributed by atoms with van der Waals surface area (Å²) in [7, 11) is -3.98. The molecule has 11 heteroatoms. The average molecular weight is 420 g/mol. The number of aryl methyl sites for hydroxylation is 2. The first-order valence-corrected chi connectivity index (χ1v) is 10.4. The smallest absolute Gasteiger partial charge is 0.263 e. The molecule has 152 valence electrons. The van der Waals surface area contributed by atoms with Crippen molar-refractivity contribution in [1.29, 1.82) is 0 Å². The number of sulfonamides is 1.